The van der Waals surface area contributed by atoms with E-state index in [0.717, 1.165) is 16.7 Å². The molecule has 0 aliphatic carbocycles. The van der Waals surface area contributed by atoms with Crippen LogP contribution in [0.25, 0.3) is 11.3 Å². The maximum absolute atomic E-state index is 13.0. The molecule has 0 spiro atoms. The monoisotopic (exact) mass is 348 g/mol. The third-order valence-electron chi connectivity index (χ3n) is 4.23. The van der Waals surface area contributed by atoms with Gasteiger partial charge in [-0.15, -0.1) is 0 Å². The first-order chi connectivity index (χ1) is 12.6. The van der Waals surface area contributed by atoms with Crippen molar-refractivity contribution in [3.05, 3.63) is 78.3 Å². The van der Waals surface area contributed by atoms with Crippen molar-refractivity contribution in [3.63, 3.8) is 0 Å². The zero-order valence-electron chi connectivity index (χ0n) is 15.2. The molecule has 1 heterocycles. The largest absolute Gasteiger partial charge is 0.444 e. The van der Waals surface area contributed by atoms with E-state index in [4.69, 9.17) is 4.42 Å². The Bertz CT molecular complexity index is 826. The normalized spacial score (nSPS) is 12.3. The van der Waals surface area contributed by atoms with Crippen molar-refractivity contribution in [3.8, 4) is 11.3 Å². The van der Waals surface area contributed by atoms with E-state index in [0.29, 0.717) is 18.6 Å². The number of aromatic nitrogens is 1. The Labute approximate surface area is 154 Å². The quantitative estimate of drug-likeness (QED) is 0.667. The van der Waals surface area contributed by atoms with Crippen LogP contribution < -0.4 is 5.32 Å². The summed E-state index contributed by atoms with van der Waals surface area (Å²) in [6.07, 6.45) is 4.17. The Hall–Kier alpha value is -2.72. The van der Waals surface area contributed by atoms with E-state index in [1.807, 2.05) is 42.5 Å². The molecule has 1 atom stereocenters. The Morgan fingerprint density at radius 1 is 1.08 bits per heavy atom. The van der Waals surface area contributed by atoms with Crippen molar-refractivity contribution in [1.82, 2.24) is 10.3 Å². The summed E-state index contributed by atoms with van der Waals surface area (Å²) in [5.41, 5.74) is 3.08. The molecule has 2 aromatic carbocycles. The number of oxazole rings is 1. The standard InChI is InChI=1S/C22H24N2O2/c1-16(2)24-20(12-17-7-4-3-5-8-17)21(25)13-18-9-6-10-19(11-18)22-14-23-15-26-22/h3-11,14-16,20,24H,12-13H2,1-2H3/t20-/m0/s1. The summed E-state index contributed by atoms with van der Waals surface area (Å²) in [6.45, 7) is 4.13. The highest BCUT2D eigenvalue weighted by molar-refractivity contribution is 5.86. The molecule has 26 heavy (non-hydrogen) atoms. The molecule has 134 valence electrons. The van der Waals surface area contributed by atoms with E-state index >= 15 is 0 Å². The van der Waals surface area contributed by atoms with Gasteiger partial charge in [0.15, 0.2) is 17.9 Å². The molecule has 4 nitrogen and oxygen atoms in total. The minimum atomic E-state index is -0.202. The predicted molar refractivity (Wildman–Crippen MR) is 103 cm³/mol. The first-order valence-corrected chi connectivity index (χ1v) is 8.92. The Morgan fingerprint density at radius 3 is 2.54 bits per heavy atom. The number of carbonyl (C=O) groups is 1. The second-order valence-corrected chi connectivity index (χ2v) is 6.77. The van der Waals surface area contributed by atoms with Gasteiger partial charge in [-0.1, -0.05) is 62.4 Å². The lowest BCUT2D eigenvalue weighted by Gasteiger charge is -2.20. The van der Waals surface area contributed by atoms with Gasteiger partial charge in [0.2, 0.25) is 0 Å². The van der Waals surface area contributed by atoms with Gasteiger partial charge in [0.05, 0.1) is 12.2 Å². The molecule has 0 aliphatic rings. The lowest BCUT2D eigenvalue weighted by atomic mass is 9.96. The lowest BCUT2D eigenvalue weighted by Crippen LogP contribution is -2.43. The van der Waals surface area contributed by atoms with Gasteiger partial charge >= 0.3 is 0 Å². The number of benzene rings is 2. The summed E-state index contributed by atoms with van der Waals surface area (Å²) in [7, 11) is 0. The van der Waals surface area contributed by atoms with Gasteiger partial charge in [0.1, 0.15) is 0 Å². The van der Waals surface area contributed by atoms with E-state index < -0.39 is 0 Å². The molecule has 0 unspecified atom stereocenters. The Morgan fingerprint density at radius 2 is 1.85 bits per heavy atom. The topological polar surface area (TPSA) is 55.1 Å². The summed E-state index contributed by atoms with van der Waals surface area (Å²) in [6, 6.07) is 18.1. The van der Waals surface area contributed by atoms with Crippen LogP contribution in [-0.4, -0.2) is 22.9 Å². The van der Waals surface area contributed by atoms with Gasteiger partial charge in [-0.3, -0.25) is 4.79 Å². The van der Waals surface area contributed by atoms with Crippen LogP contribution in [0.3, 0.4) is 0 Å². The molecule has 0 aliphatic heterocycles. The summed E-state index contributed by atoms with van der Waals surface area (Å²) in [5.74, 6) is 0.901. The molecular formula is C22H24N2O2. The van der Waals surface area contributed by atoms with Gasteiger partial charge in [0, 0.05) is 18.0 Å². The van der Waals surface area contributed by atoms with E-state index in [1.54, 1.807) is 6.20 Å². The van der Waals surface area contributed by atoms with Crippen molar-refractivity contribution in [2.75, 3.05) is 0 Å². The smallest absolute Gasteiger partial charge is 0.181 e. The van der Waals surface area contributed by atoms with E-state index in [2.05, 4.69) is 36.3 Å². The summed E-state index contributed by atoms with van der Waals surface area (Å²) >= 11 is 0. The van der Waals surface area contributed by atoms with Crippen molar-refractivity contribution in [1.29, 1.82) is 0 Å². The predicted octanol–water partition coefficient (Wildman–Crippen LogP) is 4.06. The van der Waals surface area contributed by atoms with Crippen LogP contribution in [0.5, 0.6) is 0 Å². The van der Waals surface area contributed by atoms with Gasteiger partial charge < -0.3 is 9.73 Å². The highest BCUT2D eigenvalue weighted by Crippen LogP contribution is 2.20. The molecular weight excluding hydrogens is 324 g/mol. The number of nitrogens with one attached hydrogen (secondary N) is 1. The molecule has 1 aromatic heterocycles. The van der Waals surface area contributed by atoms with Crippen LogP contribution in [0.15, 0.2) is 71.6 Å². The average molecular weight is 348 g/mol. The molecule has 0 radical (unpaired) electrons. The zero-order valence-corrected chi connectivity index (χ0v) is 15.2. The maximum Gasteiger partial charge on any atom is 0.181 e. The number of rotatable bonds is 8. The molecule has 0 saturated heterocycles. The van der Waals surface area contributed by atoms with Gasteiger partial charge in [-0.05, 0) is 23.6 Å². The fourth-order valence-corrected chi connectivity index (χ4v) is 3.04. The highest BCUT2D eigenvalue weighted by Gasteiger charge is 2.20. The fraction of sp³-hybridized carbons (Fsp3) is 0.273. The van der Waals surface area contributed by atoms with Crippen LogP contribution in [0, 0.1) is 0 Å². The minimum Gasteiger partial charge on any atom is -0.444 e. The van der Waals surface area contributed by atoms with Crippen molar-refractivity contribution < 1.29 is 9.21 Å². The number of carbonyl (C=O) groups excluding carboxylic acids is 1. The molecule has 3 aromatic rings. The molecule has 0 amide bonds. The van der Waals surface area contributed by atoms with Gasteiger partial charge in [0.25, 0.3) is 0 Å². The lowest BCUT2D eigenvalue weighted by molar-refractivity contribution is -0.120. The SMILES string of the molecule is CC(C)N[C@@H](Cc1ccccc1)C(=O)Cc1cccc(-c2cnco2)c1. The molecule has 3 rings (SSSR count). The van der Waals surface area contributed by atoms with Crippen molar-refractivity contribution >= 4 is 5.78 Å². The summed E-state index contributed by atoms with van der Waals surface area (Å²) in [4.78, 5) is 16.9. The van der Waals surface area contributed by atoms with E-state index in [-0.39, 0.29) is 17.9 Å². The second-order valence-electron chi connectivity index (χ2n) is 6.77. The Kier molecular flexibility index (Phi) is 5.97. The summed E-state index contributed by atoms with van der Waals surface area (Å²) < 4.78 is 5.35. The van der Waals surface area contributed by atoms with Crippen LogP contribution in [0.1, 0.15) is 25.0 Å². The highest BCUT2D eigenvalue weighted by atomic mass is 16.3. The van der Waals surface area contributed by atoms with Crippen LogP contribution in [0.4, 0.5) is 0 Å². The fourth-order valence-electron chi connectivity index (χ4n) is 3.04. The van der Waals surface area contributed by atoms with Crippen LogP contribution in [-0.2, 0) is 17.6 Å². The third kappa shape index (κ3) is 4.90. The molecule has 1 N–H and O–H groups in total. The minimum absolute atomic E-state index is 0.192. The van der Waals surface area contributed by atoms with Crippen molar-refractivity contribution in [2.24, 2.45) is 0 Å². The van der Waals surface area contributed by atoms with E-state index in [1.165, 1.54) is 6.39 Å². The molecule has 0 bridgehead atoms. The average Bonchev–Trinajstić information content (AvgIpc) is 3.17. The first kappa shape index (κ1) is 18.1. The number of hydrogen-bond donors (Lipinski definition) is 1. The van der Waals surface area contributed by atoms with E-state index in [9.17, 15) is 4.79 Å². The van der Waals surface area contributed by atoms with Crippen LogP contribution in [0.2, 0.25) is 0 Å². The molecule has 0 saturated carbocycles. The third-order valence-corrected chi connectivity index (χ3v) is 4.23. The van der Waals surface area contributed by atoms with Crippen molar-refractivity contribution in [2.45, 2.75) is 38.8 Å². The Balaban J connectivity index is 1.74. The molecule has 4 heteroatoms. The van der Waals surface area contributed by atoms with Gasteiger partial charge in [-0.25, -0.2) is 4.98 Å². The number of Topliss-reactive ketones (excluding diaryl/α,β-unsaturated/α-hetero) is 1. The number of nitrogens with zero attached hydrogens (tertiary/aromatic N) is 1. The maximum atomic E-state index is 13.0. The number of ketones is 1. The zero-order chi connectivity index (χ0) is 18.4. The summed E-state index contributed by atoms with van der Waals surface area (Å²) in [5, 5.41) is 3.41. The number of hydrogen-bond acceptors (Lipinski definition) is 4. The van der Waals surface area contributed by atoms with Gasteiger partial charge in [-0.2, -0.15) is 0 Å². The molecule has 0 fully saturated rings. The van der Waals surface area contributed by atoms with Crippen LogP contribution >= 0.6 is 0 Å². The first-order valence-electron chi connectivity index (χ1n) is 8.92. The second kappa shape index (κ2) is 8.59.